The maximum atomic E-state index is 5.43. The number of aryl methyl sites for hydroxylation is 1. The lowest BCUT2D eigenvalue weighted by molar-refractivity contribution is 0.395. The fraction of sp³-hybridized carbons (Fsp3) is 0.278. The zero-order valence-corrected chi connectivity index (χ0v) is 14.7. The molecule has 0 saturated heterocycles. The Kier molecular flexibility index (Phi) is 5.82. The molecule has 2 rings (SSSR count). The minimum Gasteiger partial charge on any atom is -0.497 e. The molecule has 2 N–H and O–H groups in total. The second-order valence-electron chi connectivity index (χ2n) is 5.24. The van der Waals surface area contributed by atoms with Gasteiger partial charge in [0.05, 0.1) is 20.3 Å². The molecule has 4 nitrogen and oxygen atoms in total. The Morgan fingerprint density at radius 1 is 1.09 bits per heavy atom. The highest BCUT2D eigenvalue weighted by atomic mass is 32.1. The lowest BCUT2D eigenvalue weighted by Gasteiger charge is -2.20. The lowest BCUT2D eigenvalue weighted by atomic mass is 10.1. The van der Waals surface area contributed by atoms with Gasteiger partial charge in [-0.05, 0) is 55.9 Å². The third kappa shape index (κ3) is 4.36. The van der Waals surface area contributed by atoms with E-state index in [0.29, 0.717) is 5.11 Å². The fourth-order valence-electron chi connectivity index (χ4n) is 2.32. The summed E-state index contributed by atoms with van der Waals surface area (Å²) in [6.07, 6.45) is 0. The highest BCUT2D eigenvalue weighted by Gasteiger charge is 2.14. The standard InChI is InChI=1S/C18H22N2O2S/c1-12-7-5-6-8-16(12)20-18(23)19-13(2)15-11-14(21-3)9-10-17(15)22-4/h5-11,13H,1-4H3,(H2,19,20,23). The van der Waals surface area contributed by atoms with E-state index in [4.69, 9.17) is 21.7 Å². The Labute approximate surface area is 142 Å². The molecule has 0 spiro atoms. The molecule has 0 bridgehead atoms. The van der Waals surface area contributed by atoms with Gasteiger partial charge in [0, 0.05) is 11.3 Å². The molecule has 2 aromatic rings. The molecule has 0 aliphatic heterocycles. The number of thiocarbonyl (C=S) groups is 1. The summed E-state index contributed by atoms with van der Waals surface area (Å²) in [6.45, 7) is 4.07. The quantitative estimate of drug-likeness (QED) is 0.809. The van der Waals surface area contributed by atoms with Gasteiger partial charge in [-0.2, -0.15) is 0 Å². The molecule has 23 heavy (non-hydrogen) atoms. The van der Waals surface area contributed by atoms with Crippen molar-refractivity contribution < 1.29 is 9.47 Å². The summed E-state index contributed by atoms with van der Waals surface area (Å²) in [6, 6.07) is 13.7. The Morgan fingerprint density at radius 2 is 1.83 bits per heavy atom. The van der Waals surface area contributed by atoms with Crippen molar-refractivity contribution in [1.29, 1.82) is 0 Å². The number of hydrogen-bond donors (Lipinski definition) is 2. The number of nitrogens with one attached hydrogen (secondary N) is 2. The molecule has 0 heterocycles. The third-order valence-electron chi connectivity index (χ3n) is 3.64. The van der Waals surface area contributed by atoms with Gasteiger partial charge in [-0.25, -0.2) is 0 Å². The molecule has 5 heteroatoms. The summed E-state index contributed by atoms with van der Waals surface area (Å²) in [5.41, 5.74) is 3.12. The Balaban J connectivity index is 2.10. The number of ether oxygens (including phenoxy) is 2. The predicted octanol–water partition coefficient (Wildman–Crippen LogP) is 4.06. The molecule has 1 unspecified atom stereocenters. The first kappa shape index (κ1) is 17.1. The summed E-state index contributed by atoms with van der Waals surface area (Å²) < 4.78 is 10.7. The van der Waals surface area contributed by atoms with Crippen LogP contribution < -0.4 is 20.1 Å². The van der Waals surface area contributed by atoms with Gasteiger partial charge in [-0.1, -0.05) is 18.2 Å². The Bertz CT molecular complexity index is 688. The van der Waals surface area contributed by atoms with Gasteiger partial charge in [0.2, 0.25) is 0 Å². The van der Waals surface area contributed by atoms with Gasteiger partial charge >= 0.3 is 0 Å². The summed E-state index contributed by atoms with van der Waals surface area (Å²) in [5, 5.41) is 7.07. The van der Waals surface area contributed by atoms with Gasteiger partial charge in [-0.15, -0.1) is 0 Å². The normalized spacial score (nSPS) is 11.5. The minimum atomic E-state index is -0.0240. The van der Waals surface area contributed by atoms with Crippen LogP contribution in [0.1, 0.15) is 24.1 Å². The number of para-hydroxylation sites is 1. The largest absolute Gasteiger partial charge is 0.497 e. The molecule has 0 aromatic heterocycles. The molecule has 0 saturated carbocycles. The van der Waals surface area contributed by atoms with Gasteiger partial charge in [0.15, 0.2) is 5.11 Å². The van der Waals surface area contributed by atoms with E-state index >= 15 is 0 Å². The molecule has 122 valence electrons. The highest BCUT2D eigenvalue weighted by molar-refractivity contribution is 7.80. The van der Waals surface area contributed by atoms with Gasteiger partial charge in [-0.3, -0.25) is 0 Å². The molecule has 0 fully saturated rings. The van der Waals surface area contributed by atoms with Crippen LogP contribution in [0.2, 0.25) is 0 Å². The minimum absolute atomic E-state index is 0.0240. The van der Waals surface area contributed by atoms with Crippen LogP contribution in [0, 0.1) is 6.92 Å². The summed E-state index contributed by atoms with van der Waals surface area (Å²) in [5.74, 6) is 1.58. The molecular weight excluding hydrogens is 308 g/mol. The molecule has 0 amide bonds. The van der Waals surface area contributed by atoms with Crippen LogP contribution >= 0.6 is 12.2 Å². The Morgan fingerprint density at radius 3 is 2.48 bits per heavy atom. The van der Waals surface area contributed by atoms with E-state index in [9.17, 15) is 0 Å². The van der Waals surface area contributed by atoms with Crippen molar-refractivity contribution in [2.45, 2.75) is 19.9 Å². The van der Waals surface area contributed by atoms with Gasteiger partial charge < -0.3 is 20.1 Å². The number of methoxy groups -OCH3 is 2. The monoisotopic (exact) mass is 330 g/mol. The zero-order valence-electron chi connectivity index (χ0n) is 13.8. The average molecular weight is 330 g/mol. The van der Waals surface area contributed by atoms with E-state index in [-0.39, 0.29) is 6.04 Å². The first-order chi connectivity index (χ1) is 11.0. The average Bonchev–Trinajstić information content (AvgIpc) is 2.56. The number of hydrogen-bond acceptors (Lipinski definition) is 3. The summed E-state index contributed by atoms with van der Waals surface area (Å²) in [4.78, 5) is 0. The van der Waals surface area contributed by atoms with Crippen LogP contribution in [0.25, 0.3) is 0 Å². The van der Waals surface area contributed by atoms with Gasteiger partial charge in [0.25, 0.3) is 0 Å². The smallest absolute Gasteiger partial charge is 0.171 e. The van der Waals surface area contributed by atoms with Crippen LogP contribution in [-0.2, 0) is 0 Å². The molecule has 0 radical (unpaired) electrons. The maximum absolute atomic E-state index is 5.43. The van der Waals surface area contributed by atoms with Crippen molar-refractivity contribution in [1.82, 2.24) is 5.32 Å². The van der Waals surface area contributed by atoms with Crippen molar-refractivity contribution in [3.8, 4) is 11.5 Å². The van der Waals surface area contributed by atoms with Crippen LogP contribution in [0.4, 0.5) is 5.69 Å². The van der Waals surface area contributed by atoms with E-state index < -0.39 is 0 Å². The van der Waals surface area contributed by atoms with Crippen molar-refractivity contribution >= 4 is 23.0 Å². The molecular formula is C18H22N2O2S. The number of rotatable bonds is 5. The summed E-state index contributed by atoms with van der Waals surface area (Å²) in [7, 11) is 3.30. The Hall–Kier alpha value is -2.27. The van der Waals surface area contributed by atoms with Crippen molar-refractivity contribution in [2.75, 3.05) is 19.5 Å². The topological polar surface area (TPSA) is 42.5 Å². The van der Waals surface area contributed by atoms with Gasteiger partial charge in [0.1, 0.15) is 11.5 Å². The van der Waals surface area contributed by atoms with Crippen molar-refractivity contribution in [2.24, 2.45) is 0 Å². The van der Waals surface area contributed by atoms with E-state index in [1.54, 1.807) is 14.2 Å². The van der Waals surface area contributed by atoms with Crippen LogP contribution in [0.15, 0.2) is 42.5 Å². The van der Waals surface area contributed by atoms with Crippen molar-refractivity contribution in [3.63, 3.8) is 0 Å². The van der Waals surface area contributed by atoms with Crippen LogP contribution in [0.5, 0.6) is 11.5 Å². The third-order valence-corrected chi connectivity index (χ3v) is 3.86. The molecule has 1 atom stereocenters. The van der Waals surface area contributed by atoms with E-state index in [1.165, 1.54) is 0 Å². The SMILES string of the molecule is COc1ccc(OC)c(C(C)NC(=S)Nc2ccccc2C)c1. The predicted molar refractivity (Wildman–Crippen MR) is 98.5 cm³/mol. The van der Waals surface area contributed by atoms with E-state index in [2.05, 4.69) is 10.6 Å². The first-order valence-electron chi connectivity index (χ1n) is 7.40. The van der Waals surface area contributed by atoms with E-state index in [0.717, 1.165) is 28.3 Å². The number of benzene rings is 2. The zero-order chi connectivity index (χ0) is 16.8. The lowest BCUT2D eigenvalue weighted by Crippen LogP contribution is -2.31. The summed E-state index contributed by atoms with van der Waals surface area (Å²) >= 11 is 5.42. The van der Waals surface area contributed by atoms with Crippen molar-refractivity contribution in [3.05, 3.63) is 53.6 Å². The second-order valence-corrected chi connectivity index (χ2v) is 5.65. The molecule has 0 aliphatic carbocycles. The maximum Gasteiger partial charge on any atom is 0.171 e. The van der Waals surface area contributed by atoms with Crippen LogP contribution in [-0.4, -0.2) is 19.3 Å². The molecule has 0 aliphatic rings. The van der Waals surface area contributed by atoms with E-state index in [1.807, 2.05) is 56.3 Å². The second kappa shape index (κ2) is 7.83. The first-order valence-corrected chi connectivity index (χ1v) is 7.81. The fourth-order valence-corrected chi connectivity index (χ4v) is 2.61. The molecule has 2 aromatic carbocycles. The number of anilines is 1. The highest BCUT2D eigenvalue weighted by Crippen LogP contribution is 2.29. The van der Waals surface area contributed by atoms with Crippen LogP contribution in [0.3, 0.4) is 0 Å².